The van der Waals surface area contributed by atoms with Gasteiger partial charge in [-0.15, -0.1) is 0 Å². The van der Waals surface area contributed by atoms with Crippen molar-refractivity contribution in [3.05, 3.63) is 28.3 Å². The molecule has 0 saturated carbocycles. The standard InChI is InChI=1S/C15H18N5O3P/c16-8-12-7-11-9-17-19-15(21)13(11)14(18-12)20-4-1-10(2-5-20)3-6-24(22)23/h7,9-10,22-23H,1-6H2,(H,19,21). The molecule has 1 saturated heterocycles. The molecule has 9 heteroatoms. The maximum absolute atomic E-state index is 12.2. The number of hydrogen-bond acceptors (Lipinski definition) is 7. The summed E-state index contributed by atoms with van der Waals surface area (Å²) in [5.41, 5.74) is -0.0500. The summed E-state index contributed by atoms with van der Waals surface area (Å²) in [6, 6.07) is 3.60. The van der Waals surface area contributed by atoms with Gasteiger partial charge in [-0.3, -0.25) is 4.79 Å². The molecule has 0 amide bonds. The quantitative estimate of drug-likeness (QED) is 0.707. The van der Waals surface area contributed by atoms with Crippen LogP contribution in [0.25, 0.3) is 10.8 Å². The lowest BCUT2D eigenvalue weighted by molar-refractivity contribution is 0.386. The fraction of sp³-hybridized carbons (Fsp3) is 0.467. The smallest absolute Gasteiger partial charge is 0.275 e. The van der Waals surface area contributed by atoms with Crippen LogP contribution < -0.4 is 10.5 Å². The molecule has 3 N–H and O–H groups in total. The first kappa shape index (κ1) is 16.8. The van der Waals surface area contributed by atoms with Crippen molar-refractivity contribution >= 4 is 25.0 Å². The zero-order valence-electron chi connectivity index (χ0n) is 13.0. The number of fused-ring (bicyclic) bond motifs is 1. The third-order valence-electron chi connectivity index (χ3n) is 4.39. The molecule has 2 aromatic heterocycles. The van der Waals surface area contributed by atoms with E-state index in [1.807, 2.05) is 11.0 Å². The molecule has 0 radical (unpaired) electrons. The van der Waals surface area contributed by atoms with Crippen LogP contribution >= 0.6 is 8.38 Å². The summed E-state index contributed by atoms with van der Waals surface area (Å²) in [6.07, 6.45) is 4.55. The van der Waals surface area contributed by atoms with Crippen LogP contribution in [0.2, 0.25) is 0 Å². The Morgan fingerprint density at radius 2 is 2.17 bits per heavy atom. The van der Waals surface area contributed by atoms with Gasteiger partial charge in [0, 0.05) is 24.6 Å². The summed E-state index contributed by atoms with van der Waals surface area (Å²) in [5.74, 6) is 0.966. The van der Waals surface area contributed by atoms with Gasteiger partial charge in [0.05, 0.1) is 11.6 Å². The van der Waals surface area contributed by atoms with Gasteiger partial charge >= 0.3 is 0 Å². The largest absolute Gasteiger partial charge is 0.356 e. The number of rotatable bonds is 4. The predicted octanol–water partition coefficient (Wildman–Crippen LogP) is 1.09. The average Bonchev–Trinajstić information content (AvgIpc) is 2.59. The molecule has 0 bridgehead atoms. The van der Waals surface area contributed by atoms with E-state index in [1.165, 1.54) is 6.20 Å². The van der Waals surface area contributed by atoms with Gasteiger partial charge in [-0.25, -0.2) is 10.1 Å². The van der Waals surface area contributed by atoms with Gasteiger partial charge in [-0.05, 0) is 31.2 Å². The lowest BCUT2D eigenvalue weighted by Gasteiger charge is -2.33. The van der Waals surface area contributed by atoms with Gasteiger partial charge in [0.25, 0.3) is 5.56 Å². The molecular weight excluding hydrogens is 329 g/mol. The molecule has 1 fully saturated rings. The molecule has 1 aliphatic rings. The van der Waals surface area contributed by atoms with Gasteiger partial charge in [0.1, 0.15) is 17.6 Å². The summed E-state index contributed by atoms with van der Waals surface area (Å²) in [6.45, 7) is 1.44. The summed E-state index contributed by atoms with van der Waals surface area (Å²) in [4.78, 5) is 36.6. The molecule has 0 spiro atoms. The summed E-state index contributed by atoms with van der Waals surface area (Å²) in [7, 11) is -1.83. The summed E-state index contributed by atoms with van der Waals surface area (Å²) < 4.78 is 0. The fourth-order valence-electron chi connectivity index (χ4n) is 3.12. The van der Waals surface area contributed by atoms with E-state index in [1.54, 1.807) is 6.07 Å². The van der Waals surface area contributed by atoms with Crippen molar-refractivity contribution in [3.63, 3.8) is 0 Å². The van der Waals surface area contributed by atoms with Crippen LogP contribution in [0.3, 0.4) is 0 Å². The van der Waals surface area contributed by atoms with E-state index in [2.05, 4.69) is 15.2 Å². The van der Waals surface area contributed by atoms with Crippen molar-refractivity contribution in [3.8, 4) is 6.07 Å². The highest BCUT2D eigenvalue weighted by Gasteiger charge is 2.23. The normalized spacial score (nSPS) is 15.8. The molecule has 126 valence electrons. The number of anilines is 1. The number of H-pyrrole nitrogens is 1. The van der Waals surface area contributed by atoms with Crippen molar-refractivity contribution in [2.75, 3.05) is 24.2 Å². The number of nitriles is 1. The van der Waals surface area contributed by atoms with Crippen LogP contribution in [0.5, 0.6) is 0 Å². The molecule has 0 atom stereocenters. The Balaban J connectivity index is 1.85. The van der Waals surface area contributed by atoms with E-state index in [9.17, 15) is 10.1 Å². The number of nitrogens with zero attached hydrogens (tertiary/aromatic N) is 4. The molecule has 24 heavy (non-hydrogen) atoms. The second-order valence-corrected chi connectivity index (χ2v) is 7.11. The van der Waals surface area contributed by atoms with E-state index in [4.69, 9.17) is 9.79 Å². The maximum Gasteiger partial charge on any atom is 0.275 e. The Morgan fingerprint density at radius 3 is 2.83 bits per heavy atom. The zero-order chi connectivity index (χ0) is 17.1. The van der Waals surface area contributed by atoms with E-state index < -0.39 is 8.38 Å². The number of aromatic nitrogens is 3. The zero-order valence-corrected chi connectivity index (χ0v) is 13.9. The Hall–Kier alpha value is -2.07. The Kier molecular flexibility index (Phi) is 5.05. The number of pyridine rings is 1. The van der Waals surface area contributed by atoms with Gasteiger partial charge in [-0.2, -0.15) is 10.4 Å². The van der Waals surface area contributed by atoms with Crippen LogP contribution in [0.4, 0.5) is 5.82 Å². The molecule has 0 aliphatic carbocycles. The van der Waals surface area contributed by atoms with Crippen LogP contribution in [0.1, 0.15) is 25.0 Å². The third-order valence-corrected chi connectivity index (χ3v) is 5.05. The minimum Gasteiger partial charge on any atom is -0.356 e. The first-order valence-corrected chi connectivity index (χ1v) is 9.20. The van der Waals surface area contributed by atoms with Crippen molar-refractivity contribution in [2.45, 2.75) is 19.3 Å². The summed E-state index contributed by atoms with van der Waals surface area (Å²) >= 11 is 0. The topological polar surface area (TPSA) is 126 Å². The van der Waals surface area contributed by atoms with E-state index in [-0.39, 0.29) is 11.3 Å². The Labute approximate surface area is 139 Å². The number of hydrogen-bond donors (Lipinski definition) is 3. The molecule has 8 nitrogen and oxygen atoms in total. The molecule has 1 aliphatic heterocycles. The monoisotopic (exact) mass is 347 g/mol. The molecule has 3 heterocycles. The molecule has 3 rings (SSSR count). The first-order valence-electron chi connectivity index (χ1n) is 7.77. The van der Waals surface area contributed by atoms with E-state index in [0.717, 1.165) is 32.4 Å². The Morgan fingerprint density at radius 1 is 1.42 bits per heavy atom. The third kappa shape index (κ3) is 3.54. The summed E-state index contributed by atoms with van der Waals surface area (Å²) in [5, 5.41) is 16.4. The lowest BCUT2D eigenvalue weighted by atomic mass is 9.94. The number of piperidine rings is 1. The molecule has 2 aromatic rings. The van der Waals surface area contributed by atoms with Crippen molar-refractivity contribution in [1.82, 2.24) is 15.2 Å². The van der Waals surface area contributed by atoms with Gasteiger partial charge < -0.3 is 14.7 Å². The second-order valence-electron chi connectivity index (χ2n) is 5.92. The van der Waals surface area contributed by atoms with E-state index >= 15 is 0 Å². The highest BCUT2D eigenvalue weighted by molar-refractivity contribution is 7.45. The average molecular weight is 347 g/mol. The number of aromatic amines is 1. The van der Waals surface area contributed by atoms with Crippen LogP contribution in [-0.4, -0.2) is 44.2 Å². The molecule has 0 aromatic carbocycles. The van der Waals surface area contributed by atoms with Crippen molar-refractivity contribution in [2.24, 2.45) is 5.92 Å². The molecular formula is C15H18N5O3P. The van der Waals surface area contributed by atoms with Crippen molar-refractivity contribution < 1.29 is 9.79 Å². The predicted molar refractivity (Wildman–Crippen MR) is 90.7 cm³/mol. The minimum absolute atomic E-state index is 0.262. The minimum atomic E-state index is -1.83. The first-order chi connectivity index (χ1) is 11.6. The highest BCUT2D eigenvalue weighted by Crippen LogP contribution is 2.32. The lowest BCUT2D eigenvalue weighted by Crippen LogP contribution is -2.35. The maximum atomic E-state index is 12.2. The van der Waals surface area contributed by atoms with Crippen LogP contribution in [0, 0.1) is 17.2 Å². The highest BCUT2D eigenvalue weighted by atomic mass is 31.2. The Bertz CT molecular complexity index is 824. The van der Waals surface area contributed by atoms with Gasteiger partial charge in [0.2, 0.25) is 0 Å². The second kappa shape index (κ2) is 7.22. The SMILES string of the molecule is N#Cc1cc2cn[nH]c(=O)c2c(N2CCC(CCP(O)O)CC2)n1. The van der Waals surface area contributed by atoms with E-state index in [0.29, 0.717) is 28.7 Å². The van der Waals surface area contributed by atoms with Crippen molar-refractivity contribution in [1.29, 1.82) is 5.26 Å². The fourth-order valence-corrected chi connectivity index (χ4v) is 3.72. The van der Waals surface area contributed by atoms with Gasteiger partial charge in [0.15, 0.2) is 8.38 Å². The van der Waals surface area contributed by atoms with Crippen LogP contribution in [0.15, 0.2) is 17.1 Å². The van der Waals surface area contributed by atoms with Gasteiger partial charge in [-0.1, -0.05) is 0 Å². The van der Waals surface area contributed by atoms with Crippen LogP contribution in [-0.2, 0) is 0 Å². The molecule has 0 unspecified atom stereocenters. The number of nitrogens with one attached hydrogen (secondary N) is 1.